The van der Waals surface area contributed by atoms with Gasteiger partial charge in [-0.3, -0.25) is 4.90 Å². The fourth-order valence-corrected chi connectivity index (χ4v) is 2.66. The molecule has 0 radical (unpaired) electrons. The Morgan fingerprint density at radius 2 is 2.16 bits per heavy atom. The Morgan fingerprint density at radius 1 is 1.37 bits per heavy atom. The first-order chi connectivity index (χ1) is 9.21. The Hall–Kier alpha value is -0.850. The highest BCUT2D eigenvalue weighted by molar-refractivity contribution is 5.79. The maximum absolute atomic E-state index is 8.61. The van der Waals surface area contributed by atoms with E-state index in [4.69, 9.17) is 20.4 Å². The van der Waals surface area contributed by atoms with Crippen LogP contribution in [-0.2, 0) is 9.47 Å². The highest BCUT2D eigenvalue weighted by Crippen LogP contribution is 2.24. The molecule has 0 aromatic carbocycles. The lowest BCUT2D eigenvalue weighted by Gasteiger charge is -2.37. The molecule has 1 aliphatic rings. The second-order valence-corrected chi connectivity index (χ2v) is 5.05. The molecule has 0 heterocycles. The molecule has 0 aromatic rings. The van der Waals surface area contributed by atoms with E-state index in [0.29, 0.717) is 25.2 Å². The van der Waals surface area contributed by atoms with Crippen molar-refractivity contribution in [1.82, 2.24) is 4.90 Å². The molecule has 112 valence electrons. The number of amidine groups is 1. The summed E-state index contributed by atoms with van der Waals surface area (Å²) in [6.07, 6.45) is 5.50. The van der Waals surface area contributed by atoms with Gasteiger partial charge in [0, 0.05) is 39.8 Å². The summed E-state index contributed by atoms with van der Waals surface area (Å²) < 4.78 is 10.6. The monoisotopic (exact) mass is 273 g/mol. The quantitative estimate of drug-likeness (QED) is 0.299. The molecule has 0 saturated heterocycles. The number of ether oxygens (including phenoxy) is 2. The molecule has 1 rings (SSSR count). The first-order valence-electron chi connectivity index (χ1n) is 6.93. The molecule has 2 atom stereocenters. The van der Waals surface area contributed by atoms with Crippen molar-refractivity contribution in [1.29, 1.82) is 0 Å². The largest absolute Gasteiger partial charge is 0.409 e. The number of hydrogen-bond acceptors (Lipinski definition) is 5. The second kappa shape index (κ2) is 9.12. The minimum absolute atomic E-state index is 0.279. The Kier molecular flexibility index (Phi) is 7.78. The van der Waals surface area contributed by atoms with Crippen LogP contribution in [0.5, 0.6) is 0 Å². The van der Waals surface area contributed by atoms with Crippen molar-refractivity contribution < 1.29 is 14.7 Å². The molecule has 0 aliphatic heterocycles. The van der Waals surface area contributed by atoms with E-state index in [0.717, 1.165) is 25.9 Å². The van der Waals surface area contributed by atoms with Gasteiger partial charge in [0.2, 0.25) is 0 Å². The molecule has 0 bridgehead atoms. The summed E-state index contributed by atoms with van der Waals surface area (Å²) in [4.78, 5) is 2.37. The average molecular weight is 273 g/mol. The number of methoxy groups -OCH3 is 2. The van der Waals surface area contributed by atoms with Crippen LogP contribution in [0, 0.1) is 0 Å². The zero-order valence-electron chi connectivity index (χ0n) is 12.0. The van der Waals surface area contributed by atoms with Gasteiger partial charge < -0.3 is 20.4 Å². The molecule has 0 aromatic heterocycles. The molecule has 1 aliphatic carbocycles. The maximum atomic E-state index is 8.61. The third-order valence-electron chi connectivity index (χ3n) is 3.81. The van der Waals surface area contributed by atoms with Crippen LogP contribution < -0.4 is 5.73 Å². The lowest BCUT2D eigenvalue weighted by atomic mass is 9.91. The predicted molar refractivity (Wildman–Crippen MR) is 74.5 cm³/mol. The van der Waals surface area contributed by atoms with Gasteiger partial charge in [0.05, 0.1) is 12.7 Å². The molecular formula is C13H27N3O3. The topological polar surface area (TPSA) is 80.3 Å². The third-order valence-corrected chi connectivity index (χ3v) is 3.81. The van der Waals surface area contributed by atoms with E-state index in [1.807, 2.05) is 0 Å². The van der Waals surface area contributed by atoms with E-state index in [1.54, 1.807) is 14.2 Å². The van der Waals surface area contributed by atoms with E-state index in [2.05, 4.69) is 10.1 Å². The highest BCUT2D eigenvalue weighted by atomic mass is 16.5. The Bertz CT molecular complexity index is 274. The lowest BCUT2D eigenvalue weighted by Crippen LogP contribution is -2.43. The normalized spacial score (nSPS) is 24.9. The molecule has 19 heavy (non-hydrogen) atoms. The SMILES string of the molecule is COCCN(CCC(N)=NO)C1CCCC(OC)C1. The minimum Gasteiger partial charge on any atom is -0.409 e. The van der Waals surface area contributed by atoms with Crippen LogP contribution in [0.1, 0.15) is 32.1 Å². The van der Waals surface area contributed by atoms with E-state index in [-0.39, 0.29) is 5.84 Å². The van der Waals surface area contributed by atoms with Crippen molar-refractivity contribution in [3.8, 4) is 0 Å². The maximum Gasteiger partial charge on any atom is 0.140 e. The number of nitrogens with two attached hydrogens (primary N) is 1. The van der Waals surface area contributed by atoms with Crippen LogP contribution in [0.3, 0.4) is 0 Å². The Morgan fingerprint density at radius 3 is 2.79 bits per heavy atom. The van der Waals surface area contributed by atoms with Crippen molar-refractivity contribution in [2.24, 2.45) is 10.9 Å². The molecule has 0 amide bonds. The van der Waals surface area contributed by atoms with Crippen LogP contribution in [-0.4, -0.2) is 62.0 Å². The van der Waals surface area contributed by atoms with Crippen molar-refractivity contribution >= 4 is 5.84 Å². The summed E-state index contributed by atoms with van der Waals surface area (Å²) in [5, 5.41) is 11.6. The standard InChI is InChI=1S/C13H27N3O3/c1-18-9-8-16(7-6-13(14)15-17)11-4-3-5-12(10-11)19-2/h11-12,17H,3-10H2,1-2H3,(H2,14,15). The Labute approximate surface area is 115 Å². The van der Waals surface area contributed by atoms with Gasteiger partial charge in [0.25, 0.3) is 0 Å². The number of hydrogen-bond donors (Lipinski definition) is 2. The van der Waals surface area contributed by atoms with Gasteiger partial charge in [-0.1, -0.05) is 5.16 Å². The van der Waals surface area contributed by atoms with Crippen LogP contribution in [0.15, 0.2) is 5.16 Å². The molecule has 1 fully saturated rings. The smallest absolute Gasteiger partial charge is 0.140 e. The average Bonchev–Trinajstić information content (AvgIpc) is 2.47. The van der Waals surface area contributed by atoms with Gasteiger partial charge in [0.1, 0.15) is 5.84 Å². The van der Waals surface area contributed by atoms with E-state index in [9.17, 15) is 0 Å². The molecule has 1 saturated carbocycles. The van der Waals surface area contributed by atoms with Gasteiger partial charge in [0.15, 0.2) is 0 Å². The van der Waals surface area contributed by atoms with Crippen LogP contribution >= 0.6 is 0 Å². The Balaban J connectivity index is 2.51. The zero-order valence-corrected chi connectivity index (χ0v) is 12.0. The van der Waals surface area contributed by atoms with Crippen molar-refractivity contribution in [3.63, 3.8) is 0 Å². The lowest BCUT2D eigenvalue weighted by molar-refractivity contribution is 0.0214. The van der Waals surface area contributed by atoms with Crippen molar-refractivity contribution in [3.05, 3.63) is 0 Å². The van der Waals surface area contributed by atoms with Gasteiger partial charge >= 0.3 is 0 Å². The summed E-state index contributed by atoms with van der Waals surface area (Å²) in [6.45, 7) is 2.36. The van der Waals surface area contributed by atoms with E-state index < -0.39 is 0 Å². The van der Waals surface area contributed by atoms with Gasteiger partial charge in [-0.25, -0.2) is 0 Å². The molecule has 6 nitrogen and oxygen atoms in total. The molecule has 3 N–H and O–H groups in total. The predicted octanol–water partition coefficient (Wildman–Crippen LogP) is 1.03. The summed E-state index contributed by atoms with van der Waals surface area (Å²) in [5.41, 5.74) is 5.55. The van der Waals surface area contributed by atoms with Gasteiger partial charge in [-0.2, -0.15) is 0 Å². The van der Waals surface area contributed by atoms with E-state index in [1.165, 1.54) is 12.8 Å². The first-order valence-corrected chi connectivity index (χ1v) is 6.93. The molecule has 0 spiro atoms. The molecule has 6 heteroatoms. The number of nitrogens with zero attached hydrogens (tertiary/aromatic N) is 2. The second-order valence-electron chi connectivity index (χ2n) is 5.05. The molecule has 2 unspecified atom stereocenters. The summed E-state index contributed by atoms with van der Waals surface area (Å²) in [7, 11) is 3.49. The molecular weight excluding hydrogens is 246 g/mol. The van der Waals surface area contributed by atoms with Gasteiger partial charge in [-0.15, -0.1) is 0 Å². The van der Waals surface area contributed by atoms with Crippen LogP contribution in [0.2, 0.25) is 0 Å². The van der Waals surface area contributed by atoms with Gasteiger partial charge in [-0.05, 0) is 25.7 Å². The first kappa shape index (κ1) is 16.2. The zero-order chi connectivity index (χ0) is 14.1. The highest BCUT2D eigenvalue weighted by Gasteiger charge is 2.26. The van der Waals surface area contributed by atoms with Crippen molar-refractivity contribution in [2.75, 3.05) is 33.9 Å². The summed E-state index contributed by atoms with van der Waals surface area (Å²) in [6, 6.07) is 0.500. The summed E-state index contributed by atoms with van der Waals surface area (Å²) >= 11 is 0. The van der Waals surface area contributed by atoms with Crippen LogP contribution in [0.4, 0.5) is 0 Å². The van der Waals surface area contributed by atoms with Crippen LogP contribution in [0.25, 0.3) is 0 Å². The van der Waals surface area contributed by atoms with Crippen molar-refractivity contribution in [2.45, 2.75) is 44.2 Å². The fraction of sp³-hybridized carbons (Fsp3) is 0.923. The third kappa shape index (κ3) is 5.76. The number of rotatable bonds is 8. The summed E-state index contributed by atoms with van der Waals surface area (Å²) in [5.74, 6) is 0.279. The number of oxime groups is 1. The van der Waals surface area contributed by atoms with E-state index >= 15 is 0 Å². The fourth-order valence-electron chi connectivity index (χ4n) is 2.66. The minimum atomic E-state index is 0.279.